The Bertz CT molecular complexity index is 472. The van der Waals surface area contributed by atoms with Crippen molar-refractivity contribution in [3.63, 3.8) is 0 Å². The van der Waals surface area contributed by atoms with Gasteiger partial charge in [0.05, 0.1) is 12.0 Å². The molecule has 1 aromatic rings. The maximum absolute atomic E-state index is 11.8. The summed E-state index contributed by atoms with van der Waals surface area (Å²) in [6.07, 6.45) is 0.926. The number of carbonyl (C=O) groups excluding carboxylic acids is 2. The fourth-order valence-electron chi connectivity index (χ4n) is 1.62. The summed E-state index contributed by atoms with van der Waals surface area (Å²) < 4.78 is 10.2. The maximum atomic E-state index is 11.8. The van der Waals surface area contributed by atoms with Gasteiger partial charge in [-0.25, -0.2) is 4.79 Å². The number of rotatable bonds is 5. The SMILES string of the molecule is CCc1cccc(C(=O)OCCC(=O)OC(C)(C)C)c1. The van der Waals surface area contributed by atoms with Crippen LogP contribution in [-0.4, -0.2) is 24.1 Å². The Morgan fingerprint density at radius 2 is 1.90 bits per heavy atom. The van der Waals surface area contributed by atoms with E-state index in [0.717, 1.165) is 12.0 Å². The summed E-state index contributed by atoms with van der Waals surface area (Å²) in [4.78, 5) is 23.3. The molecule has 0 fully saturated rings. The predicted molar refractivity (Wildman–Crippen MR) is 76.6 cm³/mol. The Hall–Kier alpha value is -1.84. The molecule has 0 heterocycles. The molecular weight excluding hydrogens is 256 g/mol. The molecule has 0 bridgehead atoms. The summed E-state index contributed by atoms with van der Waals surface area (Å²) in [5.41, 5.74) is 1.07. The lowest BCUT2D eigenvalue weighted by Crippen LogP contribution is -2.24. The van der Waals surface area contributed by atoms with Crippen LogP contribution in [0, 0.1) is 0 Å². The van der Waals surface area contributed by atoms with Crippen LogP contribution in [0.2, 0.25) is 0 Å². The molecule has 0 aliphatic heterocycles. The molecule has 0 aromatic heterocycles. The Kier molecular flexibility index (Phi) is 5.74. The molecule has 0 unspecified atom stereocenters. The molecule has 0 aliphatic carbocycles. The highest BCUT2D eigenvalue weighted by atomic mass is 16.6. The number of aryl methyl sites for hydroxylation is 1. The fourth-order valence-corrected chi connectivity index (χ4v) is 1.62. The van der Waals surface area contributed by atoms with Gasteiger partial charge in [0.25, 0.3) is 0 Å². The molecule has 0 spiro atoms. The van der Waals surface area contributed by atoms with Crippen LogP contribution >= 0.6 is 0 Å². The third-order valence-electron chi connectivity index (χ3n) is 2.53. The van der Waals surface area contributed by atoms with Gasteiger partial charge in [0.15, 0.2) is 0 Å². The van der Waals surface area contributed by atoms with Gasteiger partial charge in [0.1, 0.15) is 12.2 Å². The van der Waals surface area contributed by atoms with E-state index in [2.05, 4.69) is 0 Å². The van der Waals surface area contributed by atoms with Crippen molar-refractivity contribution >= 4 is 11.9 Å². The second kappa shape index (κ2) is 7.08. The zero-order valence-corrected chi connectivity index (χ0v) is 12.6. The van der Waals surface area contributed by atoms with Crippen molar-refractivity contribution in [3.05, 3.63) is 35.4 Å². The number of carbonyl (C=O) groups is 2. The third kappa shape index (κ3) is 5.87. The Balaban J connectivity index is 2.42. The minimum atomic E-state index is -0.517. The van der Waals surface area contributed by atoms with Crippen LogP contribution in [0.15, 0.2) is 24.3 Å². The van der Waals surface area contributed by atoms with Crippen molar-refractivity contribution in [2.45, 2.75) is 46.1 Å². The summed E-state index contributed by atoms with van der Waals surface area (Å²) >= 11 is 0. The number of benzene rings is 1. The number of esters is 2. The zero-order chi connectivity index (χ0) is 15.2. The molecule has 0 aliphatic rings. The summed E-state index contributed by atoms with van der Waals surface area (Å²) in [6, 6.07) is 7.28. The summed E-state index contributed by atoms with van der Waals surface area (Å²) in [5.74, 6) is -0.781. The summed E-state index contributed by atoms with van der Waals surface area (Å²) in [5, 5.41) is 0. The molecule has 0 saturated carbocycles. The van der Waals surface area contributed by atoms with Gasteiger partial charge < -0.3 is 9.47 Å². The van der Waals surface area contributed by atoms with Crippen molar-refractivity contribution < 1.29 is 19.1 Å². The van der Waals surface area contributed by atoms with Crippen LogP contribution in [0.25, 0.3) is 0 Å². The average molecular weight is 278 g/mol. The van der Waals surface area contributed by atoms with Gasteiger partial charge in [-0.05, 0) is 44.9 Å². The molecule has 1 aromatic carbocycles. The minimum Gasteiger partial charge on any atom is -0.461 e. The van der Waals surface area contributed by atoms with Crippen molar-refractivity contribution in [3.8, 4) is 0 Å². The van der Waals surface area contributed by atoms with Gasteiger partial charge in [-0.2, -0.15) is 0 Å². The zero-order valence-electron chi connectivity index (χ0n) is 12.6. The molecule has 0 N–H and O–H groups in total. The van der Waals surface area contributed by atoms with E-state index in [-0.39, 0.29) is 19.0 Å². The standard InChI is InChI=1S/C16H22O4/c1-5-12-7-6-8-13(11-12)15(18)19-10-9-14(17)20-16(2,3)4/h6-8,11H,5,9-10H2,1-4H3. The minimum absolute atomic E-state index is 0.0318. The molecule has 20 heavy (non-hydrogen) atoms. The first kappa shape index (κ1) is 16.2. The highest BCUT2D eigenvalue weighted by Crippen LogP contribution is 2.10. The van der Waals surface area contributed by atoms with E-state index >= 15 is 0 Å². The third-order valence-corrected chi connectivity index (χ3v) is 2.53. The van der Waals surface area contributed by atoms with E-state index in [9.17, 15) is 9.59 Å². The van der Waals surface area contributed by atoms with E-state index in [1.807, 2.05) is 19.1 Å². The van der Waals surface area contributed by atoms with E-state index in [1.54, 1.807) is 32.9 Å². The van der Waals surface area contributed by atoms with Crippen LogP contribution in [0.3, 0.4) is 0 Å². The first-order valence-electron chi connectivity index (χ1n) is 6.79. The van der Waals surface area contributed by atoms with Crippen molar-refractivity contribution in [1.29, 1.82) is 0 Å². The second-order valence-corrected chi connectivity index (χ2v) is 5.53. The topological polar surface area (TPSA) is 52.6 Å². The van der Waals surface area contributed by atoms with Crippen LogP contribution in [-0.2, 0) is 20.7 Å². The summed E-state index contributed by atoms with van der Waals surface area (Å²) in [6.45, 7) is 7.45. The molecule has 1 rings (SSSR count). The van der Waals surface area contributed by atoms with Crippen LogP contribution in [0.1, 0.15) is 50.0 Å². The Labute approximate surface area is 120 Å². The highest BCUT2D eigenvalue weighted by molar-refractivity contribution is 5.89. The summed E-state index contributed by atoms with van der Waals surface area (Å²) in [7, 11) is 0. The average Bonchev–Trinajstić information content (AvgIpc) is 2.36. The van der Waals surface area contributed by atoms with Crippen LogP contribution in [0.5, 0.6) is 0 Å². The number of hydrogen-bond donors (Lipinski definition) is 0. The van der Waals surface area contributed by atoms with E-state index in [4.69, 9.17) is 9.47 Å². The lowest BCUT2D eigenvalue weighted by Gasteiger charge is -2.19. The van der Waals surface area contributed by atoms with E-state index < -0.39 is 11.6 Å². The normalized spacial score (nSPS) is 11.0. The maximum Gasteiger partial charge on any atom is 0.338 e. The van der Waals surface area contributed by atoms with E-state index in [0.29, 0.717) is 5.56 Å². The Morgan fingerprint density at radius 1 is 1.20 bits per heavy atom. The van der Waals surface area contributed by atoms with E-state index in [1.165, 1.54) is 0 Å². The van der Waals surface area contributed by atoms with Gasteiger partial charge in [0, 0.05) is 0 Å². The largest absolute Gasteiger partial charge is 0.461 e. The molecule has 0 atom stereocenters. The first-order chi connectivity index (χ1) is 9.31. The lowest BCUT2D eigenvalue weighted by molar-refractivity contribution is -0.155. The molecule has 4 heteroatoms. The monoisotopic (exact) mass is 278 g/mol. The molecule has 4 nitrogen and oxygen atoms in total. The number of hydrogen-bond acceptors (Lipinski definition) is 4. The quantitative estimate of drug-likeness (QED) is 0.776. The van der Waals surface area contributed by atoms with Gasteiger partial charge in [0.2, 0.25) is 0 Å². The van der Waals surface area contributed by atoms with Gasteiger partial charge in [-0.15, -0.1) is 0 Å². The molecular formula is C16H22O4. The fraction of sp³-hybridized carbons (Fsp3) is 0.500. The van der Waals surface area contributed by atoms with Crippen molar-refractivity contribution in [1.82, 2.24) is 0 Å². The second-order valence-electron chi connectivity index (χ2n) is 5.53. The molecule has 0 saturated heterocycles. The predicted octanol–water partition coefficient (Wildman–Crippen LogP) is 3.14. The molecule has 0 radical (unpaired) electrons. The van der Waals surface area contributed by atoms with Crippen molar-refractivity contribution in [2.75, 3.05) is 6.61 Å². The Morgan fingerprint density at radius 3 is 2.50 bits per heavy atom. The van der Waals surface area contributed by atoms with Gasteiger partial charge in [-0.3, -0.25) is 4.79 Å². The molecule has 110 valence electrons. The lowest BCUT2D eigenvalue weighted by atomic mass is 10.1. The van der Waals surface area contributed by atoms with Crippen LogP contribution < -0.4 is 0 Å². The van der Waals surface area contributed by atoms with Gasteiger partial charge in [-0.1, -0.05) is 19.1 Å². The van der Waals surface area contributed by atoms with Gasteiger partial charge >= 0.3 is 11.9 Å². The van der Waals surface area contributed by atoms with Crippen LogP contribution in [0.4, 0.5) is 0 Å². The highest BCUT2D eigenvalue weighted by Gasteiger charge is 2.16. The molecule has 0 amide bonds. The number of ether oxygens (including phenoxy) is 2. The first-order valence-corrected chi connectivity index (χ1v) is 6.79. The smallest absolute Gasteiger partial charge is 0.338 e. The van der Waals surface area contributed by atoms with Crippen molar-refractivity contribution in [2.24, 2.45) is 0 Å².